The van der Waals surface area contributed by atoms with Gasteiger partial charge in [0.2, 0.25) is 0 Å². The first-order valence-corrected chi connectivity index (χ1v) is 9.08. The number of aromatic nitrogens is 1. The first-order chi connectivity index (χ1) is 11.7. The van der Waals surface area contributed by atoms with Crippen LogP contribution in [0, 0.1) is 0 Å². The van der Waals surface area contributed by atoms with Crippen LogP contribution in [-0.4, -0.2) is 30.9 Å². The summed E-state index contributed by atoms with van der Waals surface area (Å²) in [5, 5.41) is 15.0. The Morgan fingerprint density at radius 3 is 2.83 bits per heavy atom. The second-order valence-electron chi connectivity index (χ2n) is 6.05. The average molecular weight is 348 g/mol. The van der Waals surface area contributed by atoms with Crippen molar-refractivity contribution in [3.63, 3.8) is 0 Å². The summed E-state index contributed by atoms with van der Waals surface area (Å²) >= 11 is 1.78. The second kappa shape index (κ2) is 7.96. The number of aliphatic hydroxyl groups excluding tert-OH is 1. The topological polar surface area (TPSA) is 63.6 Å². The van der Waals surface area contributed by atoms with Crippen LogP contribution in [0.3, 0.4) is 0 Å². The third-order valence-electron chi connectivity index (χ3n) is 4.46. The Bertz CT molecular complexity index is 670. The number of hydrogen-bond acceptors (Lipinski definition) is 6. The summed E-state index contributed by atoms with van der Waals surface area (Å²) in [7, 11) is 3.21. The van der Waals surface area contributed by atoms with Gasteiger partial charge in [0.15, 0.2) is 0 Å². The molecule has 6 heteroatoms. The molecule has 2 N–H and O–H groups in total. The highest BCUT2D eigenvalue weighted by Gasteiger charge is 2.22. The smallest absolute Gasteiger partial charge is 0.124 e. The predicted octanol–water partition coefficient (Wildman–Crippen LogP) is 3.25. The fraction of sp³-hybridized carbons (Fsp3) is 0.500. The van der Waals surface area contributed by atoms with E-state index in [4.69, 9.17) is 9.47 Å². The summed E-state index contributed by atoms with van der Waals surface area (Å²) in [6.07, 6.45) is 5.16. The fourth-order valence-electron chi connectivity index (χ4n) is 2.79. The number of ether oxygens (including phenoxy) is 2. The number of hydrogen-bond donors (Lipinski definition) is 2. The Morgan fingerprint density at radius 2 is 2.17 bits per heavy atom. The zero-order chi connectivity index (χ0) is 16.9. The van der Waals surface area contributed by atoms with Crippen LogP contribution < -0.4 is 14.8 Å². The van der Waals surface area contributed by atoms with E-state index in [-0.39, 0.29) is 0 Å². The molecule has 1 unspecified atom stereocenters. The molecule has 3 rings (SSSR count). The van der Waals surface area contributed by atoms with Crippen molar-refractivity contribution in [1.82, 2.24) is 10.3 Å². The van der Waals surface area contributed by atoms with Crippen LogP contribution >= 0.6 is 11.3 Å². The number of benzene rings is 1. The van der Waals surface area contributed by atoms with Gasteiger partial charge >= 0.3 is 0 Å². The first-order valence-electron chi connectivity index (χ1n) is 8.26. The molecule has 1 saturated carbocycles. The Hall–Kier alpha value is -1.63. The highest BCUT2D eigenvalue weighted by atomic mass is 32.1. The summed E-state index contributed by atoms with van der Waals surface area (Å²) in [6, 6.07) is 5.44. The van der Waals surface area contributed by atoms with E-state index >= 15 is 0 Å². The molecule has 1 aromatic carbocycles. The van der Waals surface area contributed by atoms with E-state index in [0.717, 1.165) is 5.56 Å². The molecular weight excluding hydrogens is 324 g/mol. The van der Waals surface area contributed by atoms with E-state index in [1.54, 1.807) is 25.6 Å². The van der Waals surface area contributed by atoms with Gasteiger partial charge in [-0.3, -0.25) is 0 Å². The summed E-state index contributed by atoms with van der Waals surface area (Å²) in [5.41, 5.74) is 0.726. The van der Waals surface area contributed by atoms with Gasteiger partial charge in [0.25, 0.3) is 0 Å². The Morgan fingerprint density at radius 1 is 1.33 bits per heavy atom. The summed E-state index contributed by atoms with van der Waals surface area (Å²) in [6.45, 7) is 1.16. The fourth-order valence-corrected chi connectivity index (χ4v) is 3.85. The molecule has 1 aliphatic rings. The van der Waals surface area contributed by atoms with Crippen LogP contribution in [0.15, 0.2) is 24.4 Å². The van der Waals surface area contributed by atoms with Crippen molar-refractivity contribution >= 4 is 11.3 Å². The third-order valence-corrected chi connectivity index (χ3v) is 5.62. The maximum Gasteiger partial charge on any atom is 0.124 e. The quantitative estimate of drug-likeness (QED) is 0.767. The van der Waals surface area contributed by atoms with Crippen LogP contribution in [0.5, 0.6) is 11.5 Å². The van der Waals surface area contributed by atoms with Crippen LogP contribution in [0.1, 0.15) is 46.7 Å². The number of aliphatic hydroxyl groups is 1. The highest BCUT2D eigenvalue weighted by molar-refractivity contribution is 7.11. The zero-order valence-corrected chi connectivity index (χ0v) is 14.9. The second-order valence-corrected chi connectivity index (χ2v) is 7.19. The van der Waals surface area contributed by atoms with Gasteiger partial charge in [-0.05, 0) is 31.0 Å². The van der Waals surface area contributed by atoms with E-state index in [1.807, 2.05) is 24.4 Å². The molecule has 0 radical (unpaired) electrons. The molecule has 0 spiro atoms. The molecule has 24 heavy (non-hydrogen) atoms. The van der Waals surface area contributed by atoms with Crippen molar-refractivity contribution in [3.05, 3.63) is 39.8 Å². The maximum absolute atomic E-state index is 10.5. The van der Waals surface area contributed by atoms with Gasteiger partial charge in [-0.2, -0.15) is 0 Å². The Balaban J connectivity index is 1.55. The number of nitrogens with one attached hydrogen (secondary N) is 1. The molecule has 0 amide bonds. The lowest BCUT2D eigenvalue weighted by atomic mass is 9.86. The minimum atomic E-state index is -0.658. The van der Waals surface area contributed by atoms with E-state index in [9.17, 15) is 5.11 Å². The van der Waals surface area contributed by atoms with E-state index in [1.165, 1.54) is 29.1 Å². The molecule has 0 aliphatic heterocycles. The molecule has 1 fully saturated rings. The van der Waals surface area contributed by atoms with Gasteiger partial charge in [0, 0.05) is 35.6 Å². The molecule has 1 aliphatic carbocycles. The largest absolute Gasteiger partial charge is 0.497 e. The molecule has 1 atom stereocenters. The van der Waals surface area contributed by atoms with Crippen molar-refractivity contribution in [2.45, 2.75) is 37.8 Å². The maximum atomic E-state index is 10.5. The molecule has 1 aromatic heterocycles. The summed E-state index contributed by atoms with van der Waals surface area (Å²) in [5.74, 6) is 2.04. The molecule has 5 nitrogen and oxygen atoms in total. The third kappa shape index (κ3) is 3.88. The average Bonchev–Trinajstić information content (AvgIpc) is 3.00. The molecule has 1 heterocycles. The minimum Gasteiger partial charge on any atom is -0.497 e. The lowest BCUT2D eigenvalue weighted by molar-refractivity contribution is 0.170. The molecule has 2 aromatic rings. The van der Waals surface area contributed by atoms with E-state index in [2.05, 4.69) is 10.3 Å². The van der Waals surface area contributed by atoms with Crippen molar-refractivity contribution < 1.29 is 14.6 Å². The summed E-state index contributed by atoms with van der Waals surface area (Å²) in [4.78, 5) is 5.73. The summed E-state index contributed by atoms with van der Waals surface area (Å²) < 4.78 is 10.6. The van der Waals surface area contributed by atoms with Crippen molar-refractivity contribution in [2.24, 2.45) is 0 Å². The molecular formula is C18H24N2O3S. The monoisotopic (exact) mass is 348 g/mol. The highest BCUT2D eigenvalue weighted by Crippen LogP contribution is 2.38. The SMILES string of the molecule is COc1ccc(OC)c(C(O)CNCc2cnc(C3CCC3)s2)c1. The standard InChI is InChI=1S/C18H24N2O3S/c1-22-13-6-7-17(23-2)15(8-13)16(21)11-19-9-14-10-20-18(24-14)12-4-3-5-12/h6-8,10,12,16,19,21H,3-5,9,11H2,1-2H3. The van der Waals surface area contributed by atoms with Crippen LogP contribution in [0.2, 0.25) is 0 Å². The van der Waals surface area contributed by atoms with E-state index < -0.39 is 6.10 Å². The van der Waals surface area contributed by atoms with Crippen LogP contribution in [0.25, 0.3) is 0 Å². The number of thiazole rings is 1. The molecule has 130 valence electrons. The first kappa shape index (κ1) is 17.2. The number of nitrogens with zero attached hydrogens (tertiary/aromatic N) is 1. The number of rotatable bonds is 8. The normalized spacial score (nSPS) is 15.8. The van der Waals surface area contributed by atoms with Gasteiger partial charge in [0.05, 0.1) is 25.3 Å². The van der Waals surface area contributed by atoms with E-state index in [0.29, 0.717) is 30.5 Å². The zero-order valence-electron chi connectivity index (χ0n) is 14.1. The number of methoxy groups -OCH3 is 2. The minimum absolute atomic E-state index is 0.445. The van der Waals surface area contributed by atoms with Gasteiger partial charge < -0.3 is 19.9 Å². The van der Waals surface area contributed by atoms with Gasteiger partial charge in [-0.1, -0.05) is 6.42 Å². The van der Waals surface area contributed by atoms with Gasteiger partial charge in [-0.25, -0.2) is 4.98 Å². The molecule has 0 saturated heterocycles. The van der Waals surface area contributed by atoms with Crippen LogP contribution in [0.4, 0.5) is 0 Å². The van der Waals surface area contributed by atoms with Crippen LogP contribution in [-0.2, 0) is 6.54 Å². The van der Waals surface area contributed by atoms with Crippen molar-refractivity contribution in [3.8, 4) is 11.5 Å². The van der Waals surface area contributed by atoms with Crippen molar-refractivity contribution in [1.29, 1.82) is 0 Å². The molecule has 0 bridgehead atoms. The van der Waals surface area contributed by atoms with Gasteiger partial charge in [-0.15, -0.1) is 11.3 Å². The Kier molecular flexibility index (Phi) is 5.71. The predicted molar refractivity (Wildman–Crippen MR) is 94.9 cm³/mol. The van der Waals surface area contributed by atoms with Gasteiger partial charge in [0.1, 0.15) is 11.5 Å². The Labute approximate surface area is 146 Å². The van der Waals surface area contributed by atoms with Crippen molar-refractivity contribution in [2.75, 3.05) is 20.8 Å². The lowest BCUT2D eigenvalue weighted by Crippen LogP contribution is -2.21. The lowest BCUT2D eigenvalue weighted by Gasteiger charge is -2.22.